The van der Waals surface area contributed by atoms with Crippen molar-refractivity contribution in [1.29, 1.82) is 0 Å². The molecule has 2 aliphatic carbocycles. The Balaban J connectivity index is 1.75. The Hall–Kier alpha value is -3.00. The number of fused-ring (bicyclic) bond motifs is 2. The predicted molar refractivity (Wildman–Crippen MR) is 117 cm³/mol. The Morgan fingerprint density at radius 3 is 2.74 bits per heavy atom. The van der Waals surface area contributed by atoms with Crippen molar-refractivity contribution in [3.63, 3.8) is 0 Å². The number of Topliss-reactive ketones (excluding diaryl/α,β-unsaturated/α-hetero) is 1. The first-order valence-corrected chi connectivity index (χ1v) is 11.3. The molecule has 0 atom stereocenters. The second-order valence-electron chi connectivity index (χ2n) is 7.84. The smallest absolute Gasteiger partial charge is 0.343 e. The molecule has 8 heteroatoms. The molecule has 2 aromatic heterocycles. The van der Waals surface area contributed by atoms with E-state index in [4.69, 9.17) is 14.5 Å². The number of pyridine rings is 1. The summed E-state index contributed by atoms with van der Waals surface area (Å²) in [5.41, 5.74) is 1.91. The first-order valence-electron chi connectivity index (χ1n) is 10.5. The fourth-order valence-electron chi connectivity index (χ4n) is 4.17. The van der Waals surface area contributed by atoms with E-state index >= 15 is 0 Å². The number of carbonyl (C=O) groups is 2. The van der Waals surface area contributed by atoms with Crippen LogP contribution in [0.4, 0.5) is 0 Å². The molecule has 1 aromatic carbocycles. The largest absolute Gasteiger partial charge is 0.494 e. The molecule has 0 saturated heterocycles. The van der Waals surface area contributed by atoms with Crippen molar-refractivity contribution < 1.29 is 19.1 Å². The molecule has 0 spiro atoms. The van der Waals surface area contributed by atoms with Crippen LogP contribution in [0, 0.1) is 0 Å². The minimum atomic E-state index is -0.613. The highest BCUT2D eigenvalue weighted by atomic mass is 32.1. The monoisotopic (exact) mass is 438 g/mol. The van der Waals surface area contributed by atoms with Crippen molar-refractivity contribution in [3.05, 3.63) is 44.7 Å². The van der Waals surface area contributed by atoms with Gasteiger partial charge >= 0.3 is 5.97 Å². The Morgan fingerprint density at radius 2 is 2.06 bits per heavy atom. The molecule has 1 saturated carbocycles. The number of thiazole rings is 1. The van der Waals surface area contributed by atoms with Crippen molar-refractivity contribution in [2.24, 2.45) is 0 Å². The molecule has 0 bridgehead atoms. The quantitative estimate of drug-likeness (QED) is 0.556. The molecule has 5 rings (SSSR count). The second-order valence-corrected chi connectivity index (χ2v) is 8.84. The van der Waals surface area contributed by atoms with Crippen molar-refractivity contribution in [1.82, 2.24) is 9.55 Å². The summed E-state index contributed by atoms with van der Waals surface area (Å²) in [4.78, 5) is 43.3. The molecule has 160 valence electrons. The number of nitrogens with zero attached hydrogens (tertiary/aromatic N) is 2. The number of ketones is 1. The van der Waals surface area contributed by atoms with Crippen LogP contribution in [0.5, 0.6) is 5.75 Å². The van der Waals surface area contributed by atoms with E-state index in [9.17, 15) is 14.4 Å². The van der Waals surface area contributed by atoms with Crippen molar-refractivity contribution in [2.75, 3.05) is 13.7 Å². The van der Waals surface area contributed by atoms with Crippen molar-refractivity contribution in [2.45, 2.75) is 45.1 Å². The van der Waals surface area contributed by atoms with Gasteiger partial charge in [-0.1, -0.05) is 0 Å². The molecule has 0 aliphatic heterocycles. The van der Waals surface area contributed by atoms with Gasteiger partial charge in [0.25, 0.3) is 0 Å². The van der Waals surface area contributed by atoms with Crippen LogP contribution in [-0.4, -0.2) is 35.0 Å². The fourth-order valence-corrected chi connectivity index (χ4v) is 5.27. The number of aromatic nitrogens is 2. The molecule has 7 nitrogen and oxygen atoms in total. The van der Waals surface area contributed by atoms with Gasteiger partial charge in [-0.15, -0.1) is 11.3 Å². The molecule has 31 heavy (non-hydrogen) atoms. The fraction of sp³-hybridized carbons (Fsp3) is 0.391. The van der Waals surface area contributed by atoms with Gasteiger partial charge < -0.3 is 14.0 Å². The zero-order valence-electron chi connectivity index (χ0n) is 17.4. The van der Waals surface area contributed by atoms with Crippen LogP contribution in [0.2, 0.25) is 0 Å². The Kier molecular flexibility index (Phi) is 4.89. The van der Waals surface area contributed by atoms with Crippen LogP contribution in [0.3, 0.4) is 0 Å². The van der Waals surface area contributed by atoms with Crippen molar-refractivity contribution >= 4 is 34.0 Å². The second kappa shape index (κ2) is 7.60. The van der Waals surface area contributed by atoms with Gasteiger partial charge in [-0.2, -0.15) is 0 Å². The molecule has 0 N–H and O–H groups in total. The topological polar surface area (TPSA) is 87.5 Å². The Morgan fingerprint density at radius 1 is 1.26 bits per heavy atom. The maximum atomic E-state index is 13.1. The van der Waals surface area contributed by atoms with Crippen LogP contribution >= 0.6 is 11.3 Å². The van der Waals surface area contributed by atoms with Gasteiger partial charge in [0.2, 0.25) is 5.43 Å². The maximum absolute atomic E-state index is 13.1. The highest BCUT2D eigenvalue weighted by Gasteiger charge is 2.30. The van der Waals surface area contributed by atoms with Gasteiger partial charge in [0.05, 0.1) is 40.8 Å². The SMILES string of the molecule is CCOC(=O)c1cn(C2CC2)c2c(OC)c(-c3nc4c(s3)C(=O)CCC4)ccc2c1=O. The van der Waals surface area contributed by atoms with Crippen LogP contribution in [-0.2, 0) is 11.2 Å². The summed E-state index contributed by atoms with van der Waals surface area (Å²) in [5, 5.41) is 1.12. The first-order chi connectivity index (χ1) is 15.0. The molecule has 1 fully saturated rings. The van der Waals surface area contributed by atoms with Gasteiger partial charge in [-0.25, -0.2) is 9.78 Å². The van der Waals surface area contributed by atoms with E-state index in [-0.39, 0.29) is 29.4 Å². The minimum Gasteiger partial charge on any atom is -0.494 e. The van der Waals surface area contributed by atoms with E-state index in [1.807, 2.05) is 4.57 Å². The third-order valence-corrected chi connectivity index (χ3v) is 6.96. The van der Waals surface area contributed by atoms with Crippen LogP contribution < -0.4 is 10.2 Å². The standard InChI is InChI=1S/C23H22N2O5S/c1-3-30-23(28)15-11-25(12-7-8-12)18-13(19(15)27)9-10-14(20(18)29-2)22-24-16-5-4-6-17(26)21(16)31-22/h9-12H,3-8H2,1-2H3. The average Bonchev–Trinajstić information content (AvgIpc) is 3.51. The van der Waals surface area contributed by atoms with Crippen LogP contribution in [0.1, 0.15) is 64.4 Å². The number of ether oxygens (including phenoxy) is 2. The summed E-state index contributed by atoms with van der Waals surface area (Å²) >= 11 is 1.38. The summed E-state index contributed by atoms with van der Waals surface area (Å²) in [6.45, 7) is 1.92. The third kappa shape index (κ3) is 3.26. The van der Waals surface area contributed by atoms with Crippen LogP contribution in [0.25, 0.3) is 21.5 Å². The Bertz CT molecular complexity index is 1290. The van der Waals surface area contributed by atoms with E-state index in [1.54, 1.807) is 32.4 Å². The van der Waals surface area contributed by atoms with E-state index < -0.39 is 5.97 Å². The van der Waals surface area contributed by atoms with Gasteiger partial charge in [0.1, 0.15) is 10.6 Å². The zero-order valence-corrected chi connectivity index (χ0v) is 18.2. The normalized spacial score (nSPS) is 15.7. The third-order valence-electron chi connectivity index (χ3n) is 5.79. The van der Waals surface area contributed by atoms with Gasteiger partial charge in [0.15, 0.2) is 11.5 Å². The van der Waals surface area contributed by atoms with Gasteiger partial charge in [-0.3, -0.25) is 9.59 Å². The Labute approximate surface area is 182 Å². The minimum absolute atomic E-state index is 0.0337. The lowest BCUT2D eigenvalue weighted by Crippen LogP contribution is -2.21. The lowest BCUT2D eigenvalue weighted by Gasteiger charge is -2.17. The summed E-state index contributed by atoms with van der Waals surface area (Å²) in [7, 11) is 1.57. The number of hydrogen-bond acceptors (Lipinski definition) is 7. The summed E-state index contributed by atoms with van der Waals surface area (Å²) in [6.07, 6.45) is 5.70. The lowest BCUT2D eigenvalue weighted by atomic mass is 10.0. The summed E-state index contributed by atoms with van der Waals surface area (Å²) in [5.74, 6) is 0.0622. The maximum Gasteiger partial charge on any atom is 0.343 e. The summed E-state index contributed by atoms with van der Waals surface area (Å²) in [6, 6.07) is 3.72. The molecule has 0 radical (unpaired) electrons. The molecular formula is C23H22N2O5S. The molecule has 2 aliphatic rings. The number of aryl methyl sites for hydroxylation is 1. The number of rotatable bonds is 5. The molecule has 0 unspecified atom stereocenters. The summed E-state index contributed by atoms with van der Waals surface area (Å²) < 4.78 is 12.9. The van der Waals surface area contributed by atoms with Crippen molar-refractivity contribution in [3.8, 4) is 16.3 Å². The van der Waals surface area contributed by atoms with Gasteiger partial charge in [-0.05, 0) is 44.7 Å². The van der Waals surface area contributed by atoms with E-state index in [0.29, 0.717) is 28.1 Å². The average molecular weight is 439 g/mol. The molecule has 3 aromatic rings. The number of esters is 1. The number of benzene rings is 1. The molecule has 0 amide bonds. The molecule has 2 heterocycles. The number of carbonyl (C=O) groups excluding carboxylic acids is 2. The van der Waals surface area contributed by atoms with Gasteiger partial charge in [0, 0.05) is 18.7 Å². The highest BCUT2D eigenvalue weighted by Crippen LogP contribution is 2.44. The van der Waals surface area contributed by atoms with E-state index in [0.717, 1.165) is 41.8 Å². The highest BCUT2D eigenvalue weighted by molar-refractivity contribution is 7.17. The van der Waals surface area contributed by atoms with E-state index in [2.05, 4.69) is 0 Å². The van der Waals surface area contributed by atoms with Crippen LogP contribution in [0.15, 0.2) is 23.1 Å². The predicted octanol–water partition coefficient (Wildman–Crippen LogP) is 4.16. The lowest BCUT2D eigenvalue weighted by molar-refractivity contribution is 0.0524. The zero-order chi connectivity index (χ0) is 21.7. The van der Waals surface area contributed by atoms with E-state index in [1.165, 1.54) is 11.3 Å². The first kappa shape index (κ1) is 19.9. The number of methoxy groups -OCH3 is 1. The molecular weight excluding hydrogens is 416 g/mol. The number of hydrogen-bond donors (Lipinski definition) is 0.